The van der Waals surface area contributed by atoms with Crippen molar-refractivity contribution >= 4 is 35.2 Å². The molecule has 0 aliphatic heterocycles. The maximum atomic E-state index is 13.2. The van der Waals surface area contributed by atoms with Crippen LogP contribution in [0.2, 0.25) is 5.02 Å². The van der Waals surface area contributed by atoms with Crippen LogP contribution in [0.5, 0.6) is 5.75 Å². The maximum Gasteiger partial charge on any atom is 0.242 e. The number of rotatable bonds is 12. The molecule has 0 aliphatic rings. The van der Waals surface area contributed by atoms with Gasteiger partial charge in [-0.3, -0.25) is 9.59 Å². The van der Waals surface area contributed by atoms with Crippen LogP contribution in [0.4, 0.5) is 0 Å². The average Bonchev–Trinajstić information content (AvgIpc) is 2.79. The van der Waals surface area contributed by atoms with Crippen LogP contribution in [-0.4, -0.2) is 42.2 Å². The molecule has 2 aromatic carbocycles. The topological polar surface area (TPSA) is 58.6 Å². The molecule has 0 bridgehead atoms. The molecule has 0 radical (unpaired) electrons. The minimum absolute atomic E-state index is 0.0509. The van der Waals surface area contributed by atoms with Crippen LogP contribution in [0.15, 0.2) is 48.5 Å². The van der Waals surface area contributed by atoms with E-state index in [1.807, 2.05) is 57.2 Å². The number of hydrogen-bond donors (Lipinski definition) is 1. The number of halogens is 1. The van der Waals surface area contributed by atoms with Crippen molar-refractivity contribution in [3.8, 4) is 5.75 Å². The molecule has 2 amide bonds. The summed E-state index contributed by atoms with van der Waals surface area (Å²) in [4.78, 5) is 27.8. The predicted octanol–water partition coefficient (Wildman–Crippen LogP) is 5.16. The lowest BCUT2D eigenvalue weighted by Crippen LogP contribution is -2.50. The molecule has 2 rings (SSSR count). The van der Waals surface area contributed by atoms with Crippen molar-refractivity contribution in [3.05, 3.63) is 64.7 Å². The van der Waals surface area contributed by atoms with E-state index in [1.54, 1.807) is 35.9 Å². The van der Waals surface area contributed by atoms with Crippen LogP contribution >= 0.6 is 23.4 Å². The lowest BCUT2D eigenvalue weighted by molar-refractivity contribution is -0.139. The average molecular weight is 477 g/mol. The lowest BCUT2D eigenvalue weighted by atomic mass is 10.1. The summed E-state index contributed by atoms with van der Waals surface area (Å²) in [5, 5.41) is 3.63. The molecule has 2 aromatic rings. The van der Waals surface area contributed by atoms with Gasteiger partial charge in [0.2, 0.25) is 11.8 Å². The third-order valence-electron chi connectivity index (χ3n) is 4.99. The Labute approximate surface area is 200 Å². The number of methoxy groups -OCH3 is 1. The lowest BCUT2D eigenvalue weighted by Gasteiger charge is -2.31. The molecule has 0 saturated heterocycles. The maximum absolute atomic E-state index is 13.2. The first-order valence-electron chi connectivity index (χ1n) is 10.9. The Bertz CT molecular complexity index is 856. The van der Waals surface area contributed by atoms with Crippen molar-refractivity contribution in [1.82, 2.24) is 10.2 Å². The van der Waals surface area contributed by atoms with Gasteiger partial charge < -0.3 is 15.0 Å². The highest BCUT2D eigenvalue weighted by atomic mass is 35.5. The molecule has 0 fully saturated rings. The quantitative estimate of drug-likeness (QED) is 0.459. The highest BCUT2D eigenvalue weighted by molar-refractivity contribution is 7.99. The molecule has 32 heavy (non-hydrogen) atoms. The van der Waals surface area contributed by atoms with E-state index >= 15 is 0 Å². The Morgan fingerprint density at radius 1 is 1.06 bits per heavy atom. The van der Waals surface area contributed by atoms with Gasteiger partial charge in [0.15, 0.2) is 0 Å². The number of carbonyl (C=O) groups is 2. The van der Waals surface area contributed by atoms with Crippen molar-refractivity contribution in [2.24, 2.45) is 5.92 Å². The molecule has 5 nitrogen and oxygen atoms in total. The number of thioether (sulfide) groups is 1. The normalized spacial score (nSPS) is 11.8. The van der Waals surface area contributed by atoms with Crippen LogP contribution in [0.3, 0.4) is 0 Å². The highest BCUT2D eigenvalue weighted by Crippen LogP contribution is 2.20. The Morgan fingerprint density at radius 3 is 2.25 bits per heavy atom. The Balaban J connectivity index is 2.09. The Morgan fingerprint density at radius 2 is 1.69 bits per heavy atom. The zero-order valence-electron chi connectivity index (χ0n) is 19.3. The van der Waals surface area contributed by atoms with Crippen molar-refractivity contribution in [2.75, 3.05) is 19.4 Å². The third kappa shape index (κ3) is 8.40. The number of ether oxygens (including phenoxy) is 1. The van der Waals surface area contributed by atoms with Crippen LogP contribution < -0.4 is 10.1 Å². The summed E-state index contributed by atoms with van der Waals surface area (Å²) < 4.78 is 5.19. The smallest absolute Gasteiger partial charge is 0.242 e. The zero-order chi connectivity index (χ0) is 23.5. The largest absolute Gasteiger partial charge is 0.497 e. The second kappa shape index (κ2) is 13.4. The summed E-state index contributed by atoms with van der Waals surface area (Å²) in [5.74, 6) is 2.00. The van der Waals surface area contributed by atoms with Gasteiger partial charge >= 0.3 is 0 Å². The molecule has 174 valence electrons. The van der Waals surface area contributed by atoms with E-state index in [1.165, 1.54) is 0 Å². The first-order chi connectivity index (χ1) is 15.3. The van der Waals surface area contributed by atoms with Gasteiger partial charge in [-0.2, -0.15) is 0 Å². The van der Waals surface area contributed by atoms with E-state index < -0.39 is 6.04 Å². The molecule has 0 heterocycles. The van der Waals surface area contributed by atoms with Crippen LogP contribution in [0, 0.1) is 5.92 Å². The van der Waals surface area contributed by atoms with Crippen LogP contribution in [-0.2, 0) is 21.9 Å². The number of nitrogens with one attached hydrogen (secondary N) is 1. The van der Waals surface area contributed by atoms with E-state index in [2.05, 4.69) is 5.32 Å². The van der Waals surface area contributed by atoms with Gasteiger partial charge in [-0.1, -0.05) is 56.6 Å². The molecule has 7 heteroatoms. The minimum atomic E-state index is -0.515. The summed E-state index contributed by atoms with van der Waals surface area (Å²) >= 11 is 7.55. The van der Waals surface area contributed by atoms with Crippen molar-refractivity contribution in [2.45, 2.75) is 45.5 Å². The number of hydrogen-bond acceptors (Lipinski definition) is 4. The van der Waals surface area contributed by atoms with Gasteiger partial charge in [0.25, 0.3) is 0 Å². The molecule has 0 spiro atoms. The van der Waals surface area contributed by atoms with E-state index in [4.69, 9.17) is 16.3 Å². The fourth-order valence-corrected chi connectivity index (χ4v) is 4.19. The first kappa shape index (κ1) is 26.1. The molecule has 0 aromatic heterocycles. The van der Waals surface area contributed by atoms with Gasteiger partial charge in [0.05, 0.1) is 12.9 Å². The predicted molar refractivity (Wildman–Crippen MR) is 133 cm³/mol. The molecule has 1 N–H and O–H groups in total. The van der Waals surface area contributed by atoms with E-state index in [0.717, 1.165) is 16.9 Å². The summed E-state index contributed by atoms with van der Waals surface area (Å²) in [6, 6.07) is 14.7. The summed E-state index contributed by atoms with van der Waals surface area (Å²) in [7, 11) is 1.64. The third-order valence-corrected chi connectivity index (χ3v) is 6.23. The summed E-state index contributed by atoms with van der Waals surface area (Å²) in [6.07, 6.45) is 0.548. The van der Waals surface area contributed by atoms with Gasteiger partial charge in [0.1, 0.15) is 11.8 Å². The monoisotopic (exact) mass is 476 g/mol. The second-order valence-corrected chi connectivity index (χ2v) is 9.47. The molecule has 0 unspecified atom stereocenters. The van der Waals surface area contributed by atoms with Crippen molar-refractivity contribution in [3.63, 3.8) is 0 Å². The number of nitrogens with zero attached hydrogens (tertiary/aromatic N) is 1. The molecule has 0 saturated carbocycles. The molecular weight excluding hydrogens is 444 g/mol. The Hall–Kier alpha value is -2.18. The molecule has 1 atom stereocenters. The first-order valence-corrected chi connectivity index (χ1v) is 12.4. The van der Waals surface area contributed by atoms with Crippen molar-refractivity contribution in [1.29, 1.82) is 0 Å². The Kier molecular flexibility index (Phi) is 10.9. The molecule has 0 aliphatic carbocycles. The van der Waals surface area contributed by atoms with Crippen LogP contribution in [0.25, 0.3) is 0 Å². The number of carbonyl (C=O) groups excluding carboxylic acids is 2. The number of amides is 2. The van der Waals surface area contributed by atoms with Crippen molar-refractivity contribution < 1.29 is 14.3 Å². The minimum Gasteiger partial charge on any atom is -0.497 e. The fraction of sp³-hybridized carbons (Fsp3) is 0.440. The van der Waals surface area contributed by atoms with Gasteiger partial charge in [-0.15, -0.1) is 11.8 Å². The van der Waals surface area contributed by atoms with Gasteiger partial charge in [-0.05, 0) is 47.7 Å². The van der Waals surface area contributed by atoms with Crippen LogP contribution in [0.1, 0.15) is 38.3 Å². The highest BCUT2D eigenvalue weighted by Gasteiger charge is 2.28. The second-order valence-electron chi connectivity index (χ2n) is 8.05. The summed E-state index contributed by atoms with van der Waals surface area (Å²) in [5.41, 5.74) is 2.06. The zero-order valence-corrected chi connectivity index (χ0v) is 20.8. The van der Waals surface area contributed by atoms with E-state index in [-0.39, 0.29) is 11.8 Å². The SMILES string of the molecule is CC[C@@H](C(=O)NCC(C)C)N(Cc1ccc(Cl)cc1)C(=O)CSCc1ccc(OC)cc1. The van der Waals surface area contributed by atoms with Gasteiger partial charge in [0, 0.05) is 23.9 Å². The standard InChI is InChI=1S/C25H33ClN2O3S/c1-5-23(25(30)27-14-18(2)3)28(15-19-6-10-21(26)11-7-19)24(29)17-32-16-20-8-12-22(31-4)13-9-20/h6-13,18,23H,5,14-17H2,1-4H3,(H,27,30)/t23-/m0/s1. The van der Waals surface area contributed by atoms with Gasteiger partial charge in [-0.25, -0.2) is 0 Å². The van der Waals surface area contributed by atoms with E-state index in [0.29, 0.717) is 42.0 Å². The fourth-order valence-electron chi connectivity index (χ4n) is 3.19. The molecular formula is C25H33ClN2O3S. The number of benzene rings is 2. The summed E-state index contributed by atoms with van der Waals surface area (Å²) in [6.45, 7) is 6.99. The van der Waals surface area contributed by atoms with E-state index in [9.17, 15) is 9.59 Å².